The predicted molar refractivity (Wildman–Crippen MR) is 520 cm³/mol. The number of unbranched alkanes of at least 4 members (excludes halogenated alkanes) is 1. The monoisotopic (exact) mass is 2220 g/mol. The SMILES string of the molecule is C=C(C)C(=O)OCCCC(=O)OCC[N+](C)(CCOC(=O)CCCOC(=O)C(=C)C)CCOC(=O)NCCOC(=O)C(=C)C.C=C(C)C(=O)OCCOC(=O)CCC(=O)OCC[N+](C)(CCOC(=O)CCC(=O)OCCOC(=O)C(=C)C)CCOC(=O)CCC(=O)OCCOC(=O)C(=C)C.C=C(C)C(=O)OCCOC(=O)CC[N+](C)(CCCC)CCC(=O)OCCOC(=O)C(=C)C.COS(=O)(=O)O.COS(=O)(=O)[O-].COS(=O)(=O)[O-]. The molecule has 0 aromatic heterocycles. The first-order chi connectivity index (χ1) is 69.7. The Bertz CT molecular complexity index is 4340. The fraction of sp³-hybridized carbons (Fsp3) is 0.624. The standard InChI is InChI=1S/C37H54NO18.C30H46N2O12.C23H38NO8.3CH4O4S/c1-26(2)35(45)54-23-20-51-32(42)11-8-29(39)48-17-14-38(7,15-18-49-30(40)9-12-33(43)52-21-24-55-36(46)27(3)4)16-19-50-31(41)10-13-34(44)53-22-25-56-37(47)28(5)6;1-22(2)27(35)41-16-8-10-25(33)39-19-13-32(7,14-20-40-26(34)11-9-17-42-28(36)23(3)4)15-21-44-30(38)31-12-18-43-29(37)24(5)6;1-7-8-11-24(6,12-9-20(25)29-14-16-31-22(27)18(2)3)13-10-21(26)30-15-17-32-23(28)19(4)5;3*1-5-6(2,3)4/h1,3,5,8-25H2,2,4,6-7H3;1,3,5,8-21H2,2,4,6-7H3;2,4,7-17H2,1,3,5-6H3;3*1H3,(H,2,3,4)/q+1;;+1;;;/p-1. The number of carbonyl (C=O) groups excluding carboxylic acids is 19. The number of ether oxygens (including phenoxy) is 19. The summed E-state index contributed by atoms with van der Waals surface area (Å²) in [4.78, 5) is 224. The van der Waals surface area contributed by atoms with Gasteiger partial charge in [0.05, 0.1) is 133 Å². The lowest BCUT2D eigenvalue weighted by atomic mass is 10.2. The molecule has 0 atom stereocenters. The first kappa shape index (κ1) is 148. The molecule has 1 amide bonds. The number of quaternary nitrogens is 3. The molecule has 0 aromatic carbocycles. The quantitative estimate of drug-likeness (QED) is 0.0167. The van der Waals surface area contributed by atoms with Crippen LogP contribution in [0, 0.1) is 0 Å². The van der Waals surface area contributed by atoms with E-state index in [0.29, 0.717) is 50.0 Å². The normalized spacial score (nSPS) is 10.7. The molecule has 0 unspecified atom stereocenters. The number of nitrogens with one attached hydrogen (secondary N) is 1. The van der Waals surface area contributed by atoms with Crippen LogP contribution in [0.2, 0.25) is 0 Å². The number of likely N-dealkylation sites (N-methyl/N-ethyl adjacent to an activating group) is 2. The van der Waals surface area contributed by atoms with Crippen molar-refractivity contribution >= 4 is 145 Å². The number of hydrogen-bond acceptors (Lipinski definition) is 49. The van der Waals surface area contributed by atoms with E-state index in [1.165, 1.54) is 55.4 Å². The van der Waals surface area contributed by atoms with Gasteiger partial charge in [0.15, 0.2) is 0 Å². The summed E-state index contributed by atoms with van der Waals surface area (Å²) in [5, 5.41) is 2.47. The molecule has 2 N–H and O–H groups in total. The third-order valence-electron chi connectivity index (χ3n) is 18.1. The van der Waals surface area contributed by atoms with Crippen LogP contribution in [0.15, 0.2) is 97.2 Å². The second-order valence-electron chi connectivity index (χ2n) is 32.3. The highest BCUT2D eigenvalue weighted by Crippen LogP contribution is 2.14. The van der Waals surface area contributed by atoms with Gasteiger partial charge in [-0.1, -0.05) is 66.0 Å². The van der Waals surface area contributed by atoms with Gasteiger partial charge in [0, 0.05) is 57.4 Å². The molecule has 0 rings (SSSR count). The highest BCUT2D eigenvalue weighted by Gasteiger charge is 2.29. The molecule has 0 heterocycles. The van der Waals surface area contributed by atoms with Crippen LogP contribution in [-0.2, 0) is 220 Å². The van der Waals surface area contributed by atoms with Gasteiger partial charge >= 0.3 is 124 Å². The Morgan fingerprint density at radius 2 is 0.407 bits per heavy atom. The Balaban J connectivity index is -0.000000489. The summed E-state index contributed by atoms with van der Waals surface area (Å²) in [6, 6.07) is 0. The zero-order valence-corrected chi connectivity index (χ0v) is 90.5. The second-order valence-corrected chi connectivity index (χ2v) is 35.8. The van der Waals surface area contributed by atoms with Crippen LogP contribution in [0.3, 0.4) is 0 Å². The van der Waals surface area contributed by atoms with Gasteiger partial charge in [-0.05, 0) is 74.7 Å². The molecule has 858 valence electrons. The lowest BCUT2D eigenvalue weighted by Crippen LogP contribution is -2.51. The molecule has 150 heavy (non-hydrogen) atoms. The third-order valence-corrected chi connectivity index (χ3v) is 19.4. The maximum Gasteiger partial charge on any atom is 0.407 e. The molecule has 0 aliphatic carbocycles. The smallest absolute Gasteiger partial charge is 0.407 e. The zero-order chi connectivity index (χ0) is 116. The summed E-state index contributed by atoms with van der Waals surface area (Å²) in [6.07, 6.45) is 0.597. The minimum atomic E-state index is -4.41. The first-order valence-electron chi connectivity index (χ1n) is 45.8. The van der Waals surface area contributed by atoms with Gasteiger partial charge in [0.1, 0.15) is 152 Å². The van der Waals surface area contributed by atoms with Crippen LogP contribution in [-0.4, -0.2) is 399 Å². The van der Waals surface area contributed by atoms with Crippen molar-refractivity contribution in [2.75, 3.05) is 233 Å². The maximum atomic E-state index is 12.3. The van der Waals surface area contributed by atoms with Gasteiger partial charge in [-0.2, -0.15) is 8.42 Å². The molecule has 0 aliphatic rings. The molecule has 57 heteroatoms. The molecule has 0 spiro atoms. The van der Waals surface area contributed by atoms with Crippen molar-refractivity contribution in [3.63, 3.8) is 0 Å². The summed E-state index contributed by atoms with van der Waals surface area (Å²) < 4.78 is 188. The average Bonchev–Trinajstić information content (AvgIpc) is 0.893. The zero-order valence-electron chi connectivity index (χ0n) is 88.1. The summed E-state index contributed by atoms with van der Waals surface area (Å²) in [5.74, 6) is -10.4. The van der Waals surface area contributed by atoms with Crippen LogP contribution in [0.25, 0.3) is 0 Å². The predicted octanol–water partition coefficient (Wildman–Crippen LogP) is 3.51. The number of amides is 1. The molecular formula is C93H149N4O50S3+. The molecular weight excluding hydrogens is 2070 g/mol. The summed E-state index contributed by atoms with van der Waals surface area (Å²) in [6.45, 7) is 43.8. The van der Waals surface area contributed by atoms with Gasteiger partial charge in [0.25, 0.3) is 0 Å². The lowest BCUT2D eigenvalue weighted by molar-refractivity contribution is -0.910. The van der Waals surface area contributed by atoms with Gasteiger partial charge in [-0.3, -0.25) is 65.0 Å². The fourth-order valence-corrected chi connectivity index (χ4v) is 9.41. The number of esters is 18. The minimum absolute atomic E-state index is 0.00203. The maximum absolute atomic E-state index is 12.3. The van der Waals surface area contributed by atoms with Gasteiger partial charge < -0.3 is 118 Å². The highest BCUT2D eigenvalue weighted by atomic mass is 32.3. The molecule has 0 bridgehead atoms. The van der Waals surface area contributed by atoms with Crippen molar-refractivity contribution in [2.45, 2.75) is 152 Å². The van der Waals surface area contributed by atoms with E-state index in [1.54, 1.807) is 7.05 Å². The molecule has 0 saturated carbocycles. The largest absolute Gasteiger partial charge is 0.726 e. The van der Waals surface area contributed by atoms with E-state index >= 15 is 0 Å². The van der Waals surface area contributed by atoms with Gasteiger partial charge in [0.2, 0.25) is 20.8 Å². The van der Waals surface area contributed by atoms with Crippen molar-refractivity contribution in [2.24, 2.45) is 0 Å². The van der Waals surface area contributed by atoms with Gasteiger partial charge in [-0.25, -0.2) is 60.0 Å². The summed E-state index contributed by atoms with van der Waals surface area (Å²) >= 11 is 0. The Morgan fingerprint density at radius 1 is 0.240 bits per heavy atom. The Labute approximate surface area is 874 Å². The van der Waals surface area contributed by atoms with E-state index in [1.807, 2.05) is 14.1 Å². The fourth-order valence-electron chi connectivity index (χ4n) is 9.41. The van der Waals surface area contributed by atoms with E-state index in [9.17, 15) is 125 Å². The van der Waals surface area contributed by atoms with Crippen molar-refractivity contribution in [3.05, 3.63) is 97.2 Å². The Hall–Kier alpha value is -12.9. The van der Waals surface area contributed by atoms with E-state index in [4.69, 9.17) is 94.6 Å². The lowest BCUT2D eigenvalue weighted by Gasteiger charge is -2.34. The molecule has 0 saturated heterocycles. The molecule has 54 nitrogen and oxygen atoms in total. The molecule has 0 aliphatic heterocycles. The van der Waals surface area contributed by atoms with Gasteiger partial charge in [-0.15, -0.1) is 0 Å². The second kappa shape index (κ2) is 85.9. The van der Waals surface area contributed by atoms with Crippen LogP contribution < -0.4 is 5.32 Å². The first-order valence-corrected chi connectivity index (χ1v) is 49.9. The molecule has 0 aromatic rings. The van der Waals surface area contributed by atoms with Crippen molar-refractivity contribution < 1.29 is 246 Å². The molecule has 0 fully saturated rings. The number of carbonyl (C=O) groups is 19. The number of alkyl carbamates (subject to hydrolysis) is 1. The number of hydrogen-bond donors (Lipinski definition) is 2. The van der Waals surface area contributed by atoms with Crippen LogP contribution in [0.4, 0.5) is 4.79 Å². The Kier molecular flexibility index (Phi) is 84.6. The van der Waals surface area contributed by atoms with Crippen molar-refractivity contribution in [1.29, 1.82) is 0 Å². The Morgan fingerprint density at radius 3 is 0.600 bits per heavy atom. The summed E-state index contributed by atoms with van der Waals surface area (Å²) in [5.41, 5.74) is 1.93. The van der Waals surface area contributed by atoms with E-state index in [2.05, 4.69) is 77.4 Å². The topological polar surface area (TPSA) is 708 Å². The number of nitrogens with zero attached hydrogens (tertiary/aromatic N) is 3. The van der Waals surface area contributed by atoms with Crippen LogP contribution in [0.1, 0.15) is 152 Å². The van der Waals surface area contributed by atoms with Crippen molar-refractivity contribution in [3.8, 4) is 0 Å². The molecule has 0 radical (unpaired) electrons. The van der Waals surface area contributed by atoms with E-state index in [0.717, 1.165) is 40.7 Å². The highest BCUT2D eigenvalue weighted by molar-refractivity contribution is 7.81. The third kappa shape index (κ3) is 97.2. The number of rotatable bonds is 73. The van der Waals surface area contributed by atoms with E-state index < -0.39 is 133 Å². The van der Waals surface area contributed by atoms with Crippen LogP contribution in [0.5, 0.6) is 0 Å². The van der Waals surface area contributed by atoms with Crippen molar-refractivity contribution in [1.82, 2.24) is 5.32 Å². The van der Waals surface area contributed by atoms with E-state index in [-0.39, 0.29) is 281 Å². The average molecular weight is 2220 g/mol. The summed E-state index contributed by atoms with van der Waals surface area (Å²) in [7, 11) is -4.96. The minimum Gasteiger partial charge on any atom is -0.726 e. The van der Waals surface area contributed by atoms with Crippen LogP contribution >= 0.6 is 0 Å².